The maximum atomic E-state index is 12.1. The number of hydrogen-bond donors (Lipinski definition) is 2. The Morgan fingerprint density at radius 2 is 2.00 bits per heavy atom. The first-order valence-corrected chi connectivity index (χ1v) is 8.83. The second-order valence-corrected chi connectivity index (χ2v) is 6.66. The molecule has 0 aliphatic rings. The van der Waals surface area contributed by atoms with Gasteiger partial charge in [-0.2, -0.15) is 0 Å². The Morgan fingerprint density at radius 3 is 2.67 bits per heavy atom. The summed E-state index contributed by atoms with van der Waals surface area (Å²) in [6, 6.07) is 9.41. The number of anilines is 1. The summed E-state index contributed by atoms with van der Waals surface area (Å²) in [6.07, 6.45) is 2.21. The number of carbonyl (C=O) groups excluding carboxylic acids is 1. The Balaban J connectivity index is 1.59. The minimum atomic E-state index is -0.307. The zero-order valence-corrected chi connectivity index (χ0v) is 15.6. The van der Waals surface area contributed by atoms with Gasteiger partial charge >= 0.3 is 0 Å². The van der Waals surface area contributed by atoms with Crippen LogP contribution in [-0.2, 0) is 11.2 Å². The molecular formula is C20H22N4O3. The molecule has 0 aliphatic heterocycles. The molecule has 7 heteroatoms. The highest BCUT2D eigenvalue weighted by Crippen LogP contribution is 2.23. The van der Waals surface area contributed by atoms with Crippen molar-refractivity contribution in [1.29, 1.82) is 0 Å². The summed E-state index contributed by atoms with van der Waals surface area (Å²) in [6.45, 7) is 5.95. The van der Waals surface area contributed by atoms with Crippen molar-refractivity contribution in [3.05, 3.63) is 64.2 Å². The molecule has 0 saturated carbocycles. The predicted octanol–water partition coefficient (Wildman–Crippen LogP) is 3.43. The van der Waals surface area contributed by atoms with Crippen LogP contribution in [0.15, 0.2) is 45.7 Å². The van der Waals surface area contributed by atoms with Gasteiger partial charge in [-0.1, -0.05) is 38.1 Å². The maximum Gasteiger partial charge on any atom is 0.252 e. The summed E-state index contributed by atoms with van der Waals surface area (Å²) in [5.74, 6) is 2.06. The second kappa shape index (κ2) is 7.99. The number of benzene rings is 1. The van der Waals surface area contributed by atoms with Crippen LogP contribution in [0.5, 0.6) is 0 Å². The zero-order valence-electron chi connectivity index (χ0n) is 15.6. The highest BCUT2D eigenvalue weighted by atomic mass is 16.4. The number of oxazole rings is 1. The smallest absolute Gasteiger partial charge is 0.252 e. The predicted molar refractivity (Wildman–Crippen MR) is 103 cm³/mol. The molecule has 2 aromatic heterocycles. The van der Waals surface area contributed by atoms with E-state index >= 15 is 0 Å². The number of carbonyl (C=O) groups is 1. The molecule has 0 fully saturated rings. The number of hydrogen-bond acceptors (Lipinski definition) is 5. The van der Waals surface area contributed by atoms with Crippen LogP contribution in [0.1, 0.15) is 43.5 Å². The molecule has 27 heavy (non-hydrogen) atoms. The van der Waals surface area contributed by atoms with Crippen molar-refractivity contribution < 1.29 is 9.21 Å². The van der Waals surface area contributed by atoms with Crippen LogP contribution in [0.2, 0.25) is 0 Å². The van der Waals surface area contributed by atoms with Crippen molar-refractivity contribution in [2.75, 3.05) is 5.32 Å². The van der Waals surface area contributed by atoms with E-state index in [1.165, 1.54) is 11.6 Å². The molecule has 3 rings (SSSR count). The maximum absolute atomic E-state index is 12.1. The summed E-state index contributed by atoms with van der Waals surface area (Å²) >= 11 is 0. The van der Waals surface area contributed by atoms with E-state index in [1.807, 2.05) is 12.1 Å². The van der Waals surface area contributed by atoms with Gasteiger partial charge in [0.25, 0.3) is 5.56 Å². The zero-order chi connectivity index (χ0) is 19.4. The molecule has 0 atom stereocenters. The van der Waals surface area contributed by atoms with Crippen molar-refractivity contribution >= 4 is 11.7 Å². The highest BCUT2D eigenvalue weighted by Gasteiger charge is 2.10. The Bertz CT molecular complexity index is 987. The molecule has 0 unspecified atom stereocenters. The molecule has 1 amide bonds. The van der Waals surface area contributed by atoms with E-state index in [1.54, 1.807) is 13.1 Å². The lowest BCUT2D eigenvalue weighted by Crippen LogP contribution is -2.17. The van der Waals surface area contributed by atoms with Gasteiger partial charge in [0.1, 0.15) is 11.6 Å². The number of aromatic nitrogens is 3. The summed E-state index contributed by atoms with van der Waals surface area (Å²) in [5.41, 5.74) is 1.91. The lowest BCUT2D eigenvalue weighted by atomic mass is 10.0. The molecule has 0 spiro atoms. The van der Waals surface area contributed by atoms with E-state index in [4.69, 9.17) is 4.42 Å². The molecule has 0 aliphatic carbocycles. The van der Waals surface area contributed by atoms with Gasteiger partial charge in [-0.25, -0.2) is 9.97 Å². The molecule has 0 radical (unpaired) electrons. The largest absolute Gasteiger partial charge is 0.441 e. The van der Waals surface area contributed by atoms with Gasteiger partial charge in [0.2, 0.25) is 5.91 Å². The first kappa shape index (κ1) is 18.6. The third kappa shape index (κ3) is 4.91. The molecular weight excluding hydrogens is 344 g/mol. The number of H-pyrrole nitrogens is 1. The van der Waals surface area contributed by atoms with Crippen LogP contribution >= 0.6 is 0 Å². The standard InChI is InChI=1S/C20H22N4O3/c1-12(2)14-4-6-15(7-5-14)16-11-21-20(27-16)9-8-18(25)24-17-10-19(26)23-13(3)22-17/h4-7,10-12H,8-9H2,1-3H3,(H2,22,23,24,25,26). The SMILES string of the molecule is Cc1nc(NC(=O)CCc2ncc(-c3ccc(C(C)C)cc3)o2)cc(=O)[nH]1. The number of aryl methyl sites for hydroxylation is 2. The molecule has 140 valence electrons. The summed E-state index contributed by atoms with van der Waals surface area (Å²) < 4.78 is 5.75. The van der Waals surface area contributed by atoms with E-state index in [9.17, 15) is 9.59 Å². The molecule has 3 aromatic rings. The highest BCUT2D eigenvalue weighted by molar-refractivity contribution is 5.89. The van der Waals surface area contributed by atoms with Crippen LogP contribution in [-0.4, -0.2) is 20.9 Å². The lowest BCUT2D eigenvalue weighted by Gasteiger charge is -2.05. The van der Waals surface area contributed by atoms with Gasteiger partial charge < -0.3 is 14.7 Å². The topological polar surface area (TPSA) is 101 Å². The van der Waals surface area contributed by atoms with E-state index in [2.05, 4.69) is 46.2 Å². The number of amides is 1. The van der Waals surface area contributed by atoms with Gasteiger partial charge in [0, 0.05) is 24.5 Å². The Morgan fingerprint density at radius 1 is 1.26 bits per heavy atom. The quantitative estimate of drug-likeness (QED) is 0.696. The average molecular weight is 366 g/mol. The molecule has 7 nitrogen and oxygen atoms in total. The van der Waals surface area contributed by atoms with Gasteiger partial charge in [-0.3, -0.25) is 9.59 Å². The number of nitrogens with one attached hydrogen (secondary N) is 2. The van der Waals surface area contributed by atoms with Crippen LogP contribution in [0.3, 0.4) is 0 Å². The van der Waals surface area contributed by atoms with E-state index in [0.29, 0.717) is 29.8 Å². The van der Waals surface area contributed by atoms with Gasteiger partial charge in [-0.15, -0.1) is 0 Å². The first-order valence-electron chi connectivity index (χ1n) is 8.83. The van der Waals surface area contributed by atoms with Crippen LogP contribution in [0.4, 0.5) is 5.82 Å². The number of aromatic amines is 1. The second-order valence-electron chi connectivity index (χ2n) is 6.66. The van der Waals surface area contributed by atoms with Crippen LogP contribution < -0.4 is 10.9 Å². The summed E-state index contributed by atoms with van der Waals surface area (Å²) in [4.78, 5) is 34.3. The van der Waals surface area contributed by atoms with Crippen molar-refractivity contribution in [3.8, 4) is 11.3 Å². The minimum Gasteiger partial charge on any atom is -0.441 e. The van der Waals surface area contributed by atoms with Crippen molar-refractivity contribution in [2.24, 2.45) is 0 Å². The minimum absolute atomic E-state index is 0.180. The Hall–Kier alpha value is -3.22. The fraction of sp³-hybridized carbons (Fsp3) is 0.300. The first-order chi connectivity index (χ1) is 12.9. The average Bonchev–Trinajstić information content (AvgIpc) is 3.08. The molecule has 2 N–H and O–H groups in total. The monoisotopic (exact) mass is 366 g/mol. The molecule has 2 heterocycles. The van der Waals surface area contributed by atoms with Gasteiger partial charge in [0.15, 0.2) is 11.7 Å². The molecule has 0 bridgehead atoms. The third-order valence-electron chi connectivity index (χ3n) is 4.11. The Kier molecular flexibility index (Phi) is 5.49. The number of rotatable bonds is 6. The molecule has 1 aromatic carbocycles. The fourth-order valence-electron chi connectivity index (χ4n) is 2.66. The fourth-order valence-corrected chi connectivity index (χ4v) is 2.66. The van der Waals surface area contributed by atoms with Crippen molar-refractivity contribution in [3.63, 3.8) is 0 Å². The van der Waals surface area contributed by atoms with Crippen molar-refractivity contribution in [2.45, 2.75) is 39.5 Å². The Labute approximate surface area is 156 Å². The summed E-state index contributed by atoms with van der Waals surface area (Å²) in [7, 11) is 0. The third-order valence-corrected chi connectivity index (χ3v) is 4.11. The van der Waals surface area contributed by atoms with E-state index in [0.717, 1.165) is 5.56 Å². The van der Waals surface area contributed by atoms with Crippen LogP contribution in [0, 0.1) is 6.92 Å². The lowest BCUT2D eigenvalue weighted by molar-refractivity contribution is -0.116. The molecule has 0 saturated heterocycles. The van der Waals surface area contributed by atoms with Gasteiger partial charge in [0.05, 0.1) is 6.20 Å². The van der Waals surface area contributed by atoms with Gasteiger partial charge in [-0.05, 0) is 18.4 Å². The van der Waals surface area contributed by atoms with E-state index < -0.39 is 0 Å². The van der Waals surface area contributed by atoms with Crippen LogP contribution in [0.25, 0.3) is 11.3 Å². The van der Waals surface area contributed by atoms with E-state index in [-0.39, 0.29) is 23.7 Å². The summed E-state index contributed by atoms with van der Waals surface area (Å²) in [5, 5.41) is 2.61. The number of nitrogens with zero attached hydrogens (tertiary/aromatic N) is 2. The van der Waals surface area contributed by atoms with Crippen molar-refractivity contribution in [1.82, 2.24) is 15.0 Å². The normalized spacial score (nSPS) is 11.0.